The number of benzene rings is 1. The molecule has 0 saturated carbocycles. The van der Waals surface area contributed by atoms with E-state index < -0.39 is 29.9 Å². The molecule has 0 aliphatic carbocycles. The van der Waals surface area contributed by atoms with Crippen molar-refractivity contribution in [2.45, 2.75) is 128 Å². The molecule has 1 aromatic carbocycles. The molecule has 0 spiro atoms. The number of hydrogen-bond acceptors (Lipinski definition) is 9. The van der Waals surface area contributed by atoms with Crippen molar-refractivity contribution in [3.05, 3.63) is 35.9 Å². The van der Waals surface area contributed by atoms with E-state index in [2.05, 4.69) is 57.3 Å². The maximum absolute atomic E-state index is 14.4. The van der Waals surface area contributed by atoms with Crippen molar-refractivity contribution in [1.82, 2.24) is 20.4 Å². The van der Waals surface area contributed by atoms with Crippen LogP contribution in [0.25, 0.3) is 0 Å². The largest absolute Gasteiger partial charge is 0.480 e. The maximum Gasteiger partial charge on any atom is 0.326 e. The number of likely N-dealkylation sites (N-methyl/N-ethyl adjacent to an activating group) is 1. The summed E-state index contributed by atoms with van der Waals surface area (Å²) >= 11 is 0. The second-order valence-corrected chi connectivity index (χ2v) is 15.9. The van der Waals surface area contributed by atoms with Crippen molar-refractivity contribution in [2.75, 3.05) is 48.5 Å². The smallest absolute Gasteiger partial charge is 0.326 e. The van der Waals surface area contributed by atoms with Gasteiger partial charge in [0.15, 0.2) is 0 Å². The number of carbonyl (C=O) groups is 3. The highest BCUT2D eigenvalue weighted by molar-refractivity contribution is 5.85. The summed E-state index contributed by atoms with van der Waals surface area (Å²) in [6.45, 7) is 11.8. The van der Waals surface area contributed by atoms with E-state index in [1.165, 1.54) is 0 Å². The molecular formula is C41H74N6O6. The number of rotatable bonds is 25. The zero-order chi connectivity index (χ0) is 39.8. The second kappa shape index (κ2) is 23.3. The van der Waals surface area contributed by atoms with Gasteiger partial charge in [-0.2, -0.15) is 0 Å². The molecule has 1 aliphatic heterocycles. The van der Waals surface area contributed by atoms with Gasteiger partial charge in [0.05, 0.1) is 30.6 Å². The molecule has 0 aromatic heterocycles. The molecule has 1 saturated heterocycles. The molecule has 7 N–H and O–H groups in total. The van der Waals surface area contributed by atoms with Crippen molar-refractivity contribution in [3.8, 4) is 0 Å². The third-order valence-corrected chi connectivity index (χ3v) is 11.9. The van der Waals surface area contributed by atoms with E-state index >= 15 is 0 Å². The average molecular weight is 747 g/mol. The van der Waals surface area contributed by atoms with E-state index in [1.807, 2.05) is 42.3 Å². The van der Waals surface area contributed by atoms with Crippen molar-refractivity contribution < 1.29 is 29.0 Å². The van der Waals surface area contributed by atoms with Gasteiger partial charge in [-0.05, 0) is 76.7 Å². The SMILES string of the molecule is CC[C@H](C)[C@@H](C(NC)[C@@H](CCCCN)C(N)[C@H](C(C)C)N(C)C)[C@@H](CC(=O)N1CCC[C@H]1[C@H](OC)[C@@H](C)C(=O)N[C@@H](Cc1ccccc1)C(=O)O)OC. The number of hydrogen-bond donors (Lipinski definition) is 5. The van der Waals surface area contributed by atoms with E-state index in [4.69, 9.17) is 20.9 Å². The number of ether oxygens (including phenoxy) is 2. The van der Waals surface area contributed by atoms with Crippen LogP contribution in [0.3, 0.4) is 0 Å². The molecular weight excluding hydrogens is 672 g/mol. The summed E-state index contributed by atoms with van der Waals surface area (Å²) in [6, 6.07) is 7.82. The number of amides is 2. The Bertz CT molecular complexity index is 1210. The van der Waals surface area contributed by atoms with Crippen molar-refractivity contribution >= 4 is 17.8 Å². The minimum Gasteiger partial charge on any atom is -0.480 e. The third-order valence-electron chi connectivity index (χ3n) is 11.9. The Morgan fingerprint density at radius 3 is 2.23 bits per heavy atom. The number of carbonyl (C=O) groups excluding carboxylic acids is 2. The predicted octanol–water partition coefficient (Wildman–Crippen LogP) is 3.75. The van der Waals surface area contributed by atoms with Gasteiger partial charge in [0.25, 0.3) is 0 Å². The van der Waals surface area contributed by atoms with Crippen molar-refractivity contribution in [3.63, 3.8) is 0 Å². The fourth-order valence-electron chi connectivity index (χ4n) is 9.00. The van der Waals surface area contributed by atoms with E-state index in [0.717, 1.165) is 37.7 Å². The number of methoxy groups -OCH3 is 2. The van der Waals surface area contributed by atoms with Crippen LogP contribution in [0.2, 0.25) is 0 Å². The second-order valence-electron chi connectivity index (χ2n) is 15.9. The molecule has 12 heteroatoms. The summed E-state index contributed by atoms with van der Waals surface area (Å²) in [5.74, 6) is -1.58. The lowest BCUT2D eigenvalue weighted by Crippen LogP contribution is -2.60. The molecule has 1 heterocycles. The zero-order valence-electron chi connectivity index (χ0n) is 34.4. The number of carboxylic acid groups (broad SMARTS) is 1. The minimum atomic E-state index is -1.11. The number of likely N-dealkylation sites (tertiary alicyclic amines) is 1. The highest BCUT2D eigenvalue weighted by Gasteiger charge is 2.45. The number of nitrogens with two attached hydrogens (primary N) is 2. The highest BCUT2D eigenvalue weighted by atomic mass is 16.5. The van der Waals surface area contributed by atoms with Crippen molar-refractivity contribution in [2.24, 2.45) is 41.1 Å². The zero-order valence-corrected chi connectivity index (χ0v) is 34.4. The molecule has 11 atom stereocenters. The summed E-state index contributed by atoms with van der Waals surface area (Å²) in [7, 11) is 9.43. The molecule has 0 radical (unpaired) electrons. The van der Waals surface area contributed by atoms with Crippen LogP contribution in [0.15, 0.2) is 30.3 Å². The Morgan fingerprint density at radius 2 is 1.72 bits per heavy atom. The normalized spacial score (nSPS) is 20.6. The molecule has 2 rings (SSSR count). The molecule has 12 nitrogen and oxygen atoms in total. The molecule has 1 aromatic rings. The van der Waals surface area contributed by atoms with Gasteiger partial charge in [-0.3, -0.25) is 9.59 Å². The van der Waals surface area contributed by atoms with Gasteiger partial charge in [-0.15, -0.1) is 0 Å². The van der Waals surface area contributed by atoms with Gasteiger partial charge in [0, 0.05) is 51.2 Å². The summed E-state index contributed by atoms with van der Waals surface area (Å²) < 4.78 is 12.2. The Hall–Kier alpha value is -2.61. The Kier molecular flexibility index (Phi) is 20.5. The third kappa shape index (κ3) is 13.0. The lowest BCUT2D eigenvalue weighted by molar-refractivity contribution is -0.145. The molecule has 0 bridgehead atoms. The molecule has 2 unspecified atom stereocenters. The Balaban J connectivity index is 2.36. The molecule has 1 aliphatic rings. The van der Waals surface area contributed by atoms with Gasteiger partial charge in [0.2, 0.25) is 11.8 Å². The fourth-order valence-corrected chi connectivity index (χ4v) is 9.00. The number of carboxylic acids is 1. The fraction of sp³-hybridized carbons (Fsp3) is 0.780. The van der Waals surface area contributed by atoms with Gasteiger partial charge in [-0.25, -0.2) is 4.79 Å². The topological polar surface area (TPSA) is 172 Å². The Morgan fingerprint density at radius 1 is 1.06 bits per heavy atom. The molecule has 53 heavy (non-hydrogen) atoms. The van der Waals surface area contributed by atoms with Gasteiger partial charge in [0.1, 0.15) is 6.04 Å². The standard InChI is InChI=1S/C41H74N6O6/c1-11-27(4)35(37(44-6)30(20-15-16-22-42)36(43)38(26(2)3)46(7)8)33(52-9)25-34(48)47-23-17-21-32(47)39(53-10)28(5)40(49)45-31(41(50)51)24-29-18-13-12-14-19-29/h12-14,18-19,26-28,30-33,35-39,44H,11,15-17,20-25,42-43H2,1-10H3,(H,45,49)(H,50,51)/t27-,28+,30-,31-,32-,33+,35+,36?,37?,38-,39+/m0/s1. The van der Waals surface area contributed by atoms with Crippen LogP contribution in [-0.2, 0) is 30.3 Å². The number of unbranched alkanes of at least 4 members (excludes halogenated alkanes) is 1. The minimum absolute atomic E-state index is 0.00982. The van der Waals surface area contributed by atoms with Crippen LogP contribution in [0.1, 0.15) is 85.1 Å². The quantitative estimate of drug-likeness (QED) is 0.0929. The van der Waals surface area contributed by atoms with Gasteiger partial charge in [-0.1, -0.05) is 77.8 Å². The molecule has 1 fully saturated rings. The van der Waals surface area contributed by atoms with E-state index in [-0.39, 0.29) is 66.8 Å². The van der Waals surface area contributed by atoms with E-state index in [0.29, 0.717) is 25.4 Å². The Labute approximate surface area is 320 Å². The maximum atomic E-state index is 14.4. The van der Waals surface area contributed by atoms with Crippen LogP contribution in [0.5, 0.6) is 0 Å². The highest BCUT2D eigenvalue weighted by Crippen LogP contribution is 2.36. The number of aliphatic carboxylic acids is 1. The summed E-state index contributed by atoms with van der Waals surface area (Å²) in [5, 5.41) is 16.3. The lowest BCUT2D eigenvalue weighted by atomic mass is 9.70. The van der Waals surface area contributed by atoms with Crippen molar-refractivity contribution in [1.29, 1.82) is 0 Å². The number of nitrogens with one attached hydrogen (secondary N) is 2. The summed E-state index contributed by atoms with van der Waals surface area (Å²) in [4.78, 5) is 44.2. The number of nitrogens with zero attached hydrogens (tertiary/aromatic N) is 2. The monoisotopic (exact) mass is 747 g/mol. The average Bonchev–Trinajstić information content (AvgIpc) is 3.61. The lowest BCUT2D eigenvalue weighted by Gasteiger charge is -2.46. The van der Waals surface area contributed by atoms with Crippen LogP contribution < -0.4 is 22.1 Å². The van der Waals surface area contributed by atoms with E-state index in [1.54, 1.807) is 21.1 Å². The first-order chi connectivity index (χ1) is 25.2. The van der Waals surface area contributed by atoms with Crippen LogP contribution >= 0.6 is 0 Å². The molecule has 304 valence electrons. The molecule has 2 amide bonds. The first-order valence-electron chi connectivity index (χ1n) is 19.9. The van der Waals surface area contributed by atoms with Gasteiger partial charge >= 0.3 is 5.97 Å². The van der Waals surface area contributed by atoms with Gasteiger partial charge < -0.3 is 46.5 Å². The predicted molar refractivity (Wildman–Crippen MR) is 212 cm³/mol. The first kappa shape index (κ1) is 46.5. The van der Waals surface area contributed by atoms with Crippen LogP contribution in [0, 0.1) is 29.6 Å². The summed E-state index contributed by atoms with van der Waals surface area (Å²) in [6.07, 6.45) is 4.52. The van der Waals surface area contributed by atoms with Crippen LogP contribution in [-0.4, -0.2) is 124 Å². The first-order valence-corrected chi connectivity index (χ1v) is 19.9. The van der Waals surface area contributed by atoms with Crippen LogP contribution in [0.4, 0.5) is 0 Å². The van der Waals surface area contributed by atoms with E-state index in [9.17, 15) is 19.5 Å². The summed E-state index contributed by atoms with van der Waals surface area (Å²) in [5.41, 5.74) is 14.0.